The first-order valence-corrected chi connectivity index (χ1v) is 25.7. The normalized spacial score (nSPS) is 18.8. The summed E-state index contributed by atoms with van der Waals surface area (Å²) in [5.74, 6) is -10.1. The third kappa shape index (κ3) is 9.48. The summed E-state index contributed by atoms with van der Waals surface area (Å²) < 4.78 is 187. The summed E-state index contributed by atoms with van der Waals surface area (Å²) in [5, 5.41) is 9.39. The van der Waals surface area contributed by atoms with Crippen molar-refractivity contribution in [3.63, 3.8) is 0 Å². The van der Waals surface area contributed by atoms with Gasteiger partial charge < -0.3 is 5.32 Å². The van der Waals surface area contributed by atoms with E-state index in [0.717, 1.165) is 23.1 Å². The molecule has 25 heteroatoms. The molecule has 3 aromatic heterocycles. The van der Waals surface area contributed by atoms with Crippen molar-refractivity contribution >= 4 is 76.7 Å². The van der Waals surface area contributed by atoms with Crippen molar-refractivity contribution in [2.45, 2.75) is 112 Å². The summed E-state index contributed by atoms with van der Waals surface area (Å²) in [4.78, 5) is 19.2. The third-order valence-electron chi connectivity index (χ3n) is 12.5. The number of aromatic nitrogens is 5. The predicted molar refractivity (Wildman–Crippen MR) is 237 cm³/mol. The largest absolute Gasteiger partial charge is 0.435 e. The van der Waals surface area contributed by atoms with E-state index >= 15 is 8.78 Å². The number of alkyl halides is 7. The fraction of sp³-hybridized carbons (Fsp3) is 0.476. The highest BCUT2D eigenvalue weighted by atomic mass is 127. The molecule has 2 aromatic carbocycles. The van der Waals surface area contributed by atoms with Gasteiger partial charge in [-0.15, -0.1) is 0 Å². The van der Waals surface area contributed by atoms with Crippen LogP contribution in [-0.4, -0.2) is 70.0 Å². The van der Waals surface area contributed by atoms with Crippen molar-refractivity contribution in [1.29, 1.82) is 0 Å². The molecule has 5 aromatic rings. The number of hydrogen-bond acceptors (Lipinski definition) is 8. The van der Waals surface area contributed by atoms with Gasteiger partial charge in [0.2, 0.25) is 15.9 Å². The molecule has 0 bridgehead atoms. The van der Waals surface area contributed by atoms with E-state index in [1.807, 2.05) is 22.6 Å². The van der Waals surface area contributed by atoms with E-state index in [-0.39, 0.29) is 69.7 Å². The summed E-state index contributed by atoms with van der Waals surface area (Å²) in [6.45, 7) is 0.841. The minimum atomic E-state index is -5.16. The van der Waals surface area contributed by atoms with Crippen LogP contribution in [-0.2, 0) is 62.7 Å². The topological polar surface area (TPSA) is 158 Å². The maximum absolute atomic E-state index is 15.8. The number of hydrogen-bond donors (Lipinski definition) is 2. The van der Waals surface area contributed by atoms with Crippen LogP contribution in [0.15, 0.2) is 36.4 Å². The van der Waals surface area contributed by atoms with Crippen LogP contribution in [0, 0.1) is 21.1 Å². The highest BCUT2D eigenvalue weighted by molar-refractivity contribution is 14.1. The van der Waals surface area contributed by atoms with E-state index in [1.54, 1.807) is 13.8 Å². The number of sulfone groups is 1. The number of anilines is 1. The monoisotopic (exact) mass is 1120 g/mol. The van der Waals surface area contributed by atoms with Gasteiger partial charge >= 0.3 is 6.18 Å². The Labute approximate surface area is 396 Å². The van der Waals surface area contributed by atoms with Crippen molar-refractivity contribution in [2.75, 3.05) is 11.0 Å². The number of halogens is 11. The van der Waals surface area contributed by atoms with Gasteiger partial charge in [0.1, 0.15) is 30.4 Å². The Balaban J connectivity index is 1.31. The van der Waals surface area contributed by atoms with Crippen molar-refractivity contribution in [3.05, 3.63) is 90.5 Å². The molecule has 2 N–H and O–H groups in total. The lowest BCUT2D eigenvalue weighted by atomic mass is 9.73. The van der Waals surface area contributed by atoms with Crippen molar-refractivity contribution in [3.8, 4) is 11.1 Å². The Hall–Kier alpha value is -4.17. The Morgan fingerprint density at radius 1 is 0.970 bits per heavy atom. The zero-order valence-electron chi connectivity index (χ0n) is 35.5. The fourth-order valence-electron chi connectivity index (χ4n) is 9.11. The summed E-state index contributed by atoms with van der Waals surface area (Å²) >= 11 is 8.51. The number of benzene rings is 2. The van der Waals surface area contributed by atoms with Gasteiger partial charge in [-0.05, 0) is 117 Å². The molecule has 1 amide bonds. The minimum absolute atomic E-state index is 0.0113. The molecule has 2 fully saturated rings. The van der Waals surface area contributed by atoms with E-state index in [9.17, 15) is 52.4 Å². The van der Waals surface area contributed by atoms with Crippen molar-refractivity contribution in [1.82, 2.24) is 29.9 Å². The van der Waals surface area contributed by atoms with Crippen LogP contribution in [0.2, 0.25) is 5.02 Å². The summed E-state index contributed by atoms with van der Waals surface area (Å²) in [6, 6.07) is 5.03. The van der Waals surface area contributed by atoms with Gasteiger partial charge in [0.25, 0.3) is 12.3 Å². The number of fused-ring (bicyclic) bond motifs is 4. The maximum atomic E-state index is 15.8. The first kappa shape index (κ1) is 49.3. The van der Waals surface area contributed by atoms with Gasteiger partial charge in [0.15, 0.2) is 21.3 Å². The van der Waals surface area contributed by atoms with E-state index in [0.29, 0.717) is 27.2 Å². The molecule has 3 atom stereocenters. The Morgan fingerprint density at radius 2 is 1.64 bits per heavy atom. The summed E-state index contributed by atoms with van der Waals surface area (Å²) in [7, 11) is -7.72. The van der Waals surface area contributed by atoms with Gasteiger partial charge in [-0.2, -0.15) is 32.1 Å². The maximum Gasteiger partial charge on any atom is 0.435 e. The minimum Gasteiger partial charge on any atom is -0.346 e. The molecule has 12 nitrogen and oxygen atoms in total. The Kier molecular flexibility index (Phi) is 12.8. The second-order valence-electron chi connectivity index (χ2n) is 17.7. The number of carbonyl (C=O) groups excluding carboxylic acids is 1. The highest BCUT2D eigenvalue weighted by Gasteiger charge is 2.63. The van der Waals surface area contributed by atoms with Gasteiger partial charge in [0.05, 0.1) is 49.6 Å². The zero-order valence-corrected chi connectivity index (χ0v) is 40.0. The lowest BCUT2D eigenvalue weighted by molar-refractivity contribution is -0.144. The second-order valence-corrected chi connectivity index (χ2v) is 23.9. The highest BCUT2D eigenvalue weighted by Crippen LogP contribution is 2.64. The molecular weight excluding hydrogens is 1080 g/mol. The number of carbonyl (C=O) groups is 1. The molecule has 67 heavy (non-hydrogen) atoms. The van der Waals surface area contributed by atoms with Crippen LogP contribution in [0.4, 0.5) is 45.3 Å². The Bertz CT molecular complexity index is 3030. The van der Waals surface area contributed by atoms with Crippen LogP contribution in [0.1, 0.15) is 91.8 Å². The van der Waals surface area contributed by atoms with Gasteiger partial charge in [0, 0.05) is 32.2 Å². The van der Waals surface area contributed by atoms with Crippen LogP contribution in [0.5, 0.6) is 0 Å². The van der Waals surface area contributed by atoms with Crippen LogP contribution in [0.25, 0.3) is 22.0 Å². The molecule has 0 radical (unpaired) electrons. The smallest absolute Gasteiger partial charge is 0.346 e. The average molecular weight is 1120 g/mol. The standard InChI is InChI=1S/C42H40ClF9IN7O5S2/c1-40(2,67(64,65)22-4-5-22)11-10-29-28(53)16-25(23-7-9-27(43)34-36(23)59(17-31(46)47)57-39(34)58-66(3,62)63)35(55-29)30(14-19-12-20(44)15-21(45)13-19)54-32(61)18-60-38-33(37(56-60)42(50,51)52)24-6-8-26(24)41(38,48)49/h7,9,12-13,15-16,22,24,26,30-31H,4-6,8,10-11,14,17-18H2,1-3H3,(H,54,61)(H,57,58)/t24-,26+,30-/m0/s1. The summed E-state index contributed by atoms with van der Waals surface area (Å²) in [6.07, 6.45) is -6.96. The predicted octanol–water partition coefficient (Wildman–Crippen LogP) is 9.47. The fourth-order valence-corrected chi connectivity index (χ4v) is 12.6. The van der Waals surface area contributed by atoms with Gasteiger partial charge in [-0.3, -0.25) is 23.9 Å². The molecular formula is C42H40ClF9IN7O5S2. The molecule has 362 valence electrons. The SMILES string of the molecule is CC(C)(CCc1nc([C@H](Cc2cc(F)cc(F)c2)NC(=O)Cn2nc(C(F)(F)F)c3c2C(F)(F)[C@@H]2CC[C@H]32)c(-c2ccc(Cl)c3c(NS(C)(=O)=O)nn(CC(F)F)c23)cc1I)S(=O)(=O)C1CC1. The second kappa shape index (κ2) is 17.4. The summed E-state index contributed by atoms with van der Waals surface area (Å²) in [5.41, 5.74) is -3.45. The molecule has 8 rings (SSSR count). The third-order valence-corrected chi connectivity index (χ3v) is 17.4. The average Bonchev–Trinajstić information content (AvgIpc) is 3.85. The number of nitrogens with zero attached hydrogens (tertiary/aromatic N) is 5. The number of sulfonamides is 1. The van der Waals surface area contributed by atoms with E-state index in [4.69, 9.17) is 16.6 Å². The molecule has 3 aliphatic carbocycles. The number of aryl methyl sites for hydroxylation is 1. The van der Waals surface area contributed by atoms with Crippen molar-refractivity contribution < 1.29 is 61.1 Å². The van der Waals surface area contributed by atoms with E-state index in [1.165, 1.54) is 18.2 Å². The number of amides is 1. The molecule has 3 heterocycles. The lowest BCUT2D eigenvalue weighted by Gasteiger charge is -2.34. The number of rotatable bonds is 16. The quantitative estimate of drug-likeness (QED) is 0.0731. The van der Waals surface area contributed by atoms with E-state index < -0.39 is 126 Å². The first-order chi connectivity index (χ1) is 31.1. The Morgan fingerprint density at radius 3 is 2.22 bits per heavy atom. The zero-order chi connectivity index (χ0) is 48.9. The molecule has 0 saturated heterocycles. The number of nitrogens with one attached hydrogen (secondary N) is 2. The molecule has 2 saturated carbocycles. The molecule has 0 unspecified atom stereocenters. The van der Waals surface area contributed by atoms with Gasteiger partial charge in [-0.1, -0.05) is 17.7 Å². The first-order valence-electron chi connectivity index (χ1n) is 20.8. The molecule has 0 spiro atoms. The van der Waals surface area contributed by atoms with Gasteiger partial charge in [-0.25, -0.2) is 34.4 Å². The molecule has 0 aliphatic heterocycles. The van der Waals surface area contributed by atoms with Crippen LogP contribution < -0.4 is 10.0 Å². The van der Waals surface area contributed by atoms with E-state index in [2.05, 4.69) is 20.2 Å². The van der Waals surface area contributed by atoms with Crippen molar-refractivity contribution in [2.24, 2.45) is 5.92 Å². The van der Waals surface area contributed by atoms with Crippen LogP contribution >= 0.6 is 34.2 Å². The molecule has 3 aliphatic rings. The number of pyridine rings is 1. The van der Waals surface area contributed by atoms with Crippen LogP contribution in [0.3, 0.4) is 0 Å². The lowest BCUT2D eigenvalue weighted by Crippen LogP contribution is -2.37.